The van der Waals surface area contributed by atoms with E-state index in [1.54, 1.807) is 24.3 Å². The summed E-state index contributed by atoms with van der Waals surface area (Å²) in [5.41, 5.74) is 1.52. The van der Waals surface area contributed by atoms with E-state index in [1.165, 1.54) is 11.8 Å². The third-order valence-electron chi connectivity index (χ3n) is 4.58. The smallest absolute Gasteiger partial charge is 0.234 e. The van der Waals surface area contributed by atoms with Crippen LogP contribution in [-0.4, -0.2) is 48.8 Å². The molecule has 0 radical (unpaired) electrons. The van der Waals surface area contributed by atoms with Gasteiger partial charge in [-0.1, -0.05) is 47.6 Å². The minimum absolute atomic E-state index is 0.0553. The van der Waals surface area contributed by atoms with Crippen LogP contribution in [0.3, 0.4) is 0 Å². The number of fused-ring (bicyclic) bond motifs is 1. The number of anilines is 2. The fourth-order valence-electron chi connectivity index (χ4n) is 3.42. The van der Waals surface area contributed by atoms with E-state index < -0.39 is 9.84 Å². The van der Waals surface area contributed by atoms with Crippen molar-refractivity contribution < 1.29 is 13.2 Å². The minimum Gasteiger partial charge on any atom is -0.325 e. The molecule has 1 fully saturated rings. The number of hydrogen-bond acceptors (Lipinski definition) is 6. The molecule has 9 heteroatoms. The van der Waals surface area contributed by atoms with Crippen LogP contribution in [0, 0.1) is 0 Å². The lowest BCUT2D eigenvalue weighted by molar-refractivity contribution is -0.113. The van der Waals surface area contributed by atoms with Crippen molar-refractivity contribution in [2.24, 2.45) is 4.99 Å². The summed E-state index contributed by atoms with van der Waals surface area (Å²) < 4.78 is 24.1. The second-order valence-electron chi connectivity index (χ2n) is 6.68. The summed E-state index contributed by atoms with van der Waals surface area (Å²) in [5.74, 6) is 0.128. The number of aliphatic imine (C=N–C) groups is 1. The van der Waals surface area contributed by atoms with E-state index in [9.17, 15) is 13.2 Å². The largest absolute Gasteiger partial charge is 0.325 e. The number of amides is 1. The molecule has 2 aromatic rings. The summed E-state index contributed by atoms with van der Waals surface area (Å²) >= 11 is 7.25. The fourth-order valence-corrected chi connectivity index (χ4v) is 6.37. The monoisotopic (exact) mass is 435 g/mol. The Morgan fingerprint density at radius 3 is 2.71 bits per heavy atom. The van der Waals surface area contributed by atoms with Gasteiger partial charge in [-0.2, -0.15) is 0 Å². The average molecular weight is 436 g/mol. The summed E-state index contributed by atoms with van der Waals surface area (Å²) in [7, 11) is -3.10. The second kappa shape index (κ2) is 7.77. The normalized spacial score (nSPS) is 22.6. The molecule has 0 spiro atoms. The van der Waals surface area contributed by atoms with E-state index in [1.807, 2.05) is 35.2 Å². The first kappa shape index (κ1) is 19.3. The summed E-state index contributed by atoms with van der Waals surface area (Å²) in [6.07, 6.45) is 0. The van der Waals surface area contributed by atoms with E-state index in [0.29, 0.717) is 15.9 Å². The predicted molar refractivity (Wildman–Crippen MR) is 115 cm³/mol. The highest BCUT2D eigenvalue weighted by Gasteiger charge is 2.47. The maximum Gasteiger partial charge on any atom is 0.234 e. The van der Waals surface area contributed by atoms with Crippen LogP contribution in [0.4, 0.5) is 11.4 Å². The van der Waals surface area contributed by atoms with Gasteiger partial charge in [0, 0.05) is 16.4 Å². The van der Waals surface area contributed by atoms with E-state index >= 15 is 0 Å². The Bertz CT molecular complexity index is 1030. The molecule has 1 N–H and O–H groups in total. The van der Waals surface area contributed by atoms with Gasteiger partial charge in [-0.25, -0.2) is 8.42 Å². The summed E-state index contributed by atoms with van der Waals surface area (Å²) in [6.45, 7) is 0. The van der Waals surface area contributed by atoms with Crippen molar-refractivity contribution in [1.29, 1.82) is 0 Å². The van der Waals surface area contributed by atoms with Gasteiger partial charge in [0.1, 0.15) is 0 Å². The van der Waals surface area contributed by atoms with Crippen molar-refractivity contribution in [3.8, 4) is 0 Å². The van der Waals surface area contributed by atoms with Crippen LogP contribution in [0.15, 0.2) is 59.6 Å². The molecule has 146 valence electrons. The molecule has 2 atom stereocenters. The zero-order valence-corrected chi connectivity index (χ0v) is 17.2. The Morgan fingerprint density at radius 2 is 1.96 bits per heavy atom. The molecule has 2 aromatic carbocycles. The van der Waals surface area contributed by atoms with Gasteiger partial charge in [-0.15, -0.1) is 0 Å². The van der Waals surface area contributed by atoms with E-state index in [-0.39, 0.29) is 35.2 Å². The van der Waals surface area contributed by atoms with E-state index in [4.69, 9.17) is 11.6 Å². The van der Waals surface area contributed by atoms with Gasteiger partial charge in [0.2, 0.25) is 5.91 Å². The Hall–Kier alpha value is -2.03. The van der Waals surface area contributed by atoms with Gasteiger partial charge >= 0.3 is 0 Å². The van der Waals surface area contributed by atoms with Crippen molar-refractivity contribution in [2.75, 3.05) is 27.5 Å². The van der Waals surface area contributed by atoms with Crippen LogP contribution in [0.5, 0.6) is 0 Å². The van der Waals surface area contributed by atoms with E-state index in [2.05, 4.69) is 10.3 Å². The summed E-state index contributed by atoms with van der Waals surface area (Å²) in [5, 5.41) is 4.04. The van der Waals surface area contributed by atoms with Gasteiger partial charge in [0.05, 0.1) is 29.3 Å². The first-order valence-corrected chi connectivity index (χ1v) is 11.9. The SMILES string of the molecule is O=C(CSC1=NC2CS(=O)(=O)CC2N1c1ccccc1)Nc1cccc(Cl)c1. The van der Waals surface area contributed by atoms with Gasteiger partial charge in [0.25, 0.3) is 0 Å². The molecule has 4 rings (SSSR count). The minimum atomic E-state index is -3.10. The molecule has 0 aromatic heterocycles. The third kappa shape index (κ3) is 4.19. The molecular weight excluding hydrogens is 418 g/mol. The van der Waals surface area contributed by atoms with E-state index in [0.717, 1.165) is 5.69 Å². The molecule has 2 aliphatic heterocycles. The summed E-state index contributed by atoms with van der Waals surface area (Å²) in [6, 6.07) is 16.0. The number of halogens is 1. The Morgan fingerprint density at radius 1 is 1.18 bits per heavy atom. The lowest BCUT2D eigenvalue weighted by Crippen LogP contribution is -2.39. The van der Waals surface area contributed by atoms with Crippen LogP contribution in [0.2, 0.25) is 5.02 Å². The van der Waals surface area contributed by atoms with Crippen LogP contribution >= 0.6 is 23.4 Å². The van der Waals surface area contributed by atoms with Crippen molar-refractivity contribution in [1.82, 2.24) is 0 Å². The van der Waals surface area contributed by atoms with Crippen LogP contribution in [-0.2, 0) is 14.6 Å². The number of nitrogens with one attached hydrogen (secondary N) is 1. The number of rotatable bonds is 4. The molecule has 2 heterocycles. The first-order chi connectivity index (χ1) is 13.4. The number of para-hydroxylation sites is 1. The average Bonchev–Trinajstić information content (AvgIpc) is 3.11. The van der Waals surface area contributed by atoms with Gasteiger partial charge in [-0.05, 0) is 30.3 Å². The van der Waals surface area contributed by atoms with Crippen molar-refractivity contribution in [3.63, 3.8) is 0 Å². The third-order valence-corrected chi connectivity index (χ3v) is 7.48. The number of nitrogens with zero attached hydrogens (tertiary/aromatic N) is 2. The van der Waals surface area contributed by atoms with Crippen molar-refractivity contribution >= 4 is 55.6 Å². The van der Waals surface area contributed by atoms with Gasteiger partial charge in [-0.3, -0.25) is 9.79 Å². The molecule has 0 bridgehead atoms. The molecular formula is C19H18ClN3O3S2. The molecule has 1 saturated heterocycles. The van der Waals surface area contributed by atoms with Gasteiger partial charge in [0.15, 0.2) is 15.0 Å². The highest BCUT2D eigenvalue weighted by atomic mass is 35.5. The molecule has 2 unspecified atom stereocenters. The molecule has 6 nitrogen and oxygen atoms in total. The first-order valence-electron chi connectivity index (χ1n) is 8.72. The standard InChI is InChI=1S/C19H18ClN3O3S2/c20-13-5-4-6-14(9-13)21-18(24)10-27-19-22-16-11-28(25,26)12-17(16)23(19)15-7-2-1-3-8-15/h1-9,16-17H,10-12H2,(H,21,24). The number of hydrogen-bond donors (Lipinski definition) is 1. The quantitative estimate of drug-likeness (QED) is 0.798. The highest BCUT2D eigenvalue weighted by molar-refractivity contribution is 8.14. The van der Waals surface area contributed by atoms with Gasteiger partial charge < -0.3 is 10.2 Å². The molecule has 0 saturated carbocycles. The molecule has 1 amide bonds. The van der Waals surface area contributed by atoms with Crippen LogP contribution in [0.25, 0.3) is 0 Å². The number of thioether (sulfide) groups is 1. The highest BCUT2D eigenvalue weighted by Crippen LogP contribution is 2.35. The Labute approximate surface area is 172 Å². The second-order valence-corrected chi connectivity index (χ2v) is 10.2. The van der Waals surface area contributed by atoms with Crippen LogP contribution < -0.4 is 10.2 Å². The number of sulfone groups is 1. The number of benzene rings is 2. The fraction of sp³-hybridized carbons (Fsp3) is 0.263. The zero-order valence-electron chi connectivity index (χ0n) is 14.8. The lowest BCUT2D eigenvalue weighted by atomic mass is 10.1. The lowest BCUT2D eigenvalue weighted by Gasteiger charge is -2.26. The zero-order chi connectivity index (χ0) is 19.7. The molecule has 0 aliphatic carbocycles. The molecule has 2 aliphatic rings. The Kier molecular flexibility index (Phi) is 5.35. The maximum absolute atomic E-state index is 12.3. The molecule has 28 heavy (non-hydrogen) atoms. The summed E-state index contributed by atoms with van der Waals surface area (Å²) in [4.78, 5) is 18.9. The Balaban J connectivity index is 1.48. The van der Waals surface area contributed by atoms with Crippen molar-refractivity contribution in [3.05, 3.63) is 59.6 Å². The number of amidine groups is 1. The maximum atomic E-state index is 12.3. The number of carbonyl (C=O) groups excluding carboxylic acids is 1. The van der Waals surface area contributed by atoms with Crippen LogP contribution in [0.1, 0.15) is 0 Å². The topological polar surface area (TPSA) is 78.8 Å². The predicted octanol–water partition coefficient (Wildman–Crippen LogP) is 3.05. The number of carbonyl (C=O) groups is 1. The van der Waals surface area contributed by atoms with Crippen molar-refractivity contribution in [2.45, 2.75) is 12.1 Å².